The highest BCUT2D eigenvalue weighted by molar-refractivity contribution is 5.97. The normalized spacial score (nSPS) is 14.3. The van der Waals surface area contributed by atoms with E-state index in [1.54, 1.807) is 30.5 Å². The molecule has 7 heteroatoms. The van der Waals surface area contributed by atoms with E-state index in [0.717, 1.165) is 5.69 Å². The number of carbonyl (C=O) groups excluding carboxylic acids is 1. The van der Waals surface area contributed by atoms with Crippen LogP contribution in [-0.4, -0.2) is 57.3 Å². The van der Waals surface area contributed by atoms with Crippen LogP contribution in [-0.2, 0) is 9.47 Å². The number of esters is 1. The van der Waals surface area contributed by atoms with Gasteiger partial charge < -0.3 is 24.2 Å². The summed E-state index contributed by atoms with van der Waals surface area (Å²) in [6.45, 7) is 4.98. The number of ether oxygens (including phenoxy) is 3. The van der Waals surface area contributed by atoms with E-state index >= 15 is 0 Å². The number of phenolic OH excluding ortho intramolecular Hbond substituents is 1. The second-order valence-electron chi connectivity index (χ2n) is 6.18. The van der Waals surface area contributed by atoms with Crippen molar-refractivity contribution in [3.05, 3.63) is 47.5 Å². The van der Waals surface area contributed by atoms with Gasteiger partial charge in [-0.25, -0.2) is 4.79 Å². The van der Waals surface area contributed by atoms with Gasteiger partial charge in [0.15, 0.2) is 11.5 Å². The molecule has 1 saturated heterocycles. The fourth-order valence-corrected chi connectivity index (χ4v) is 3.02. The van der Waals surface area contributed by atoms with Crippen LogP contribution in [0.25, 0.3) is 0 Å². The maximum absolute atomic E-state index is 12.3. The monoisotopic (exact) mass is 384 g/mol. The van der Waals surface area contributed by atoms with E-state index in [-0.39, 0.29) is 5.75 Å². The molecule has 0 saturated carbocycles. The molecule has 1 aliphatic heterocycles. The molecule has 0 unspecified atom stereocenters. The lowest BCUT2D eigenvalue weighted by Gasteiger charge is -2.30. The van der Waals surface area contributed by atoms with Gasteiger partial charge in [-0.2, -0.15) is 0 Å². The number of hydrogen-bond acceptors (Lipinski definition) is 7. The minimum atomic E-state index is -0.417. The Morgan fingerprint density at radius 2 is 2.07 bits per heavy atom. The average Bonchev–Trinajstić information content (AvgIpc) is 2.74. The number of rotatable bonds is 6. The molecule has 3 rings (SSSR count). The largest absolute Gasteiger partial charge is 0.504 e. The Morgan fingerprint density at radius 3 is 2.79 bits per heavy atom. The number of aromatic hydroxyl groups is 1. The van der Waals surface area contributed by atoms with E-state index in [1.807, 2.05) is 19.1 Å². The molecule has 7 nitrogen and oxygen atoms in total. The van der Waals surface area contributed by atoms with Crippen molar-refractivity contribution in [2.45, 2.75) is 6.92 Å². The Morgan fingerprint density at radius 1 is 1.29 bits per heavy atom. The molecule has 0 bridgehead atoms. The standard InChI is InChI=1S/C21H24N2O5/c1-3-28-19-6-4-5-15(20(19)24)14-22-16-7-8-18(17(13-16)21(25)26-2)23-9-11-27-12-10-23/h4-8,13-14,24H,3,9-12H2,1-2H3. The molecule has 1 aliphatic rings. The summed E-state index contributed by atoms with van der Waals surface area (Å²) in [5, 5.41) is 10.3. The number of benzene rings is 2. The highest BCUT2D eigenvalue weighted by Crippen LogP contribution is 2.30. The predicted molar refractivity (Wildman–Crippen MR) is 107 cm³/mol. The molecule has 0 amide bonds. The van der Waals surface area contributed by atoms with E-state index in [1.165, 1.54) is 7.11 Å². The Kier molecular flexibility index (Phi) is 6.49. The van der Waals surface area contributed by atoms with Gasteiger partial charge in [0.05, 0.1) is 43.9 Å². The zero-order valence-electron chi connectivity index (χ0n) is 16.1. The number of para-hydroxylation sites is 1. The van der Waals surface area contributed by atoms with Crippen LogP contribution in [0.15, 0.2) is 41.4 Å². The van der Waals surface area contributed by atoms with Gasteiger partial charge in [0.2, 0.25) is 0 Å². The van der Waals surface area contributed by atoms with Gasteiger partial charge in [0.25, 0.3) is 0 Å². The first-order valence-electron chi connectivity index (χ1n) is 9.18. The number of methoxy groups -OCH3 is 1. The number of nitrogens with zero attached hydrogens (tertiary/aromatic N) is 2. The van der Waals surface area contributed by atoms with Crippen molar-refractivity contribution in [3.8, 4) is 11.5 Å². The molecule has 2 aromatic carbocycles. The van der Waals surface area contributed by atoms with Crippen molar-refractivity contribution >= 4 is 23.6 Å². The quantitative estimate of drug-likeness (QED) is 0.609. The molecule has 148 valence electrons. The van der Waals surface area contributed by atoms with Crippen LogP contribution in [0.1, 0.15) is 22.8 Å². The molecule has 1 fully saturated rings. The third kappa shape index (κ3) is 4.43. The number of aliphatic imine (C=N–C) groups is 1. The van der Waals surface area contributed by atoms with Crippen LogP contribution in [0, 0.1) is 0 Å². The molecule has 2 aromatic rings. The predicted octanol–water partition coefficient (Wildman–Crippen LogP) is 3.16. The summed E-state index contributed by atoms with van der Waals surface area (Å²) < 4.78 is 15.7. The van der Waals surface area contributed by atoms with E-state index in [9.17, 15) is 9.90 Å². The van der Waals surface area contributed by atoms with Gasteiger partial charge in [-0.1, -0.05) is 6.07 Å². The molecular formula is C21H24N2O5. The maximum Gasteiger partial charge on any atom is 0.340 e. The van der Waals surface area contributed by atoms with E-state index in [0.29, 0.717) is 55.5 Å². The fraction of sp³-hybridized carbons (Fsp3) is 0.333. The number of hydrogen-bond donors (Lipinski definition) is 1. The molecule has 0 radical (unpaired) electrons. The summed E-state index contributed by atoms with van der Waals surface area (Å²) in [6, 6.07) is 10.6. The van der Waals surface area contributed by atoms with Crippen molar-refractivity contribution in [2.24, 2.45) is 4.99 Å². The first-order valence-corrected chi connectivity index (χ1v) is 9.18. The van der Waals surface area contributed by atoms with Crippen LogP contribution < -0.4 is 9.64 Å². The topological polar surface area (TPSA) is 80.6 Å². The van der Waals surface area contributed by atoms with Crippen LogP contribution in [0.5, 0.6) is 11.5 Å². The van der Waals surface area contributed by atoms with E-state index in [2.05, 4.69) is 9.89 Å². The first kappa shape index (κ1) is 19.7. The Labute approximate surface area is 164 Å². The van der Waals surface area contributed by atoms with Gasteiger partial charge in [0, 0.05) is 24.9 Å². The molecule has 28 heavy (non-hydrogen) atoms. The number of carbonyl (C=O) groups is 1. The van der Waals surface area contributed by atoms with E-state index < -0.39 is 5.97 Å². The molecule has 1 heterocycles. The maximum atomic E-state index is 12.3. The third-order valence-electron chi connectivity index (χ3n) is 4.42. The summed E-state index contributed by atoms with van der Waals surface area (Å²) in [7, 11) is 1.36. The van der Waals surface area contributed by atoms with Gasteiger partial charge in [0.1, 0.15) is 0 Å². The van der Waals surface area contributed by atoms with Crippen molar-refractivity contribution in [3.63, 3.8) is 0 Å². The summed E-state index contributed by atoms with van der Waals surface area (Å²) in [4.78, 5) is 18.8. The zero-order valence-corrected chi connectivity index (χ0v) is 16.1. The van der Waals surface area contributed by atoms with Crippen molar-refractivity contribution in [1.82, 2.24) is 0 Å². The first-order chi connectivity index (χ1) is 13.6. The lowest BCUT2D eigenvalue weighted by Crippen LogP contribution is -2.37. The van der Waals surface area contributed by atoms with Crippen molar-refractivity contribution in [2.75, 3.05) is 44.9 Å². The van der Waals surface area contributed by atoms with Crippen LogP contribution in [0.2, 0.25) is 0 Å². The number of phenols is 1. The molecule has 0 atom stereocenters. The highest BCUT2D eigenvalue weighted by Gasteiger charge is 2.19. The minimum absolute atomic E-state index is 0.0335. The lowest BCUT2D eigenvalue weighted by molar-refractivity contribution is 0.0600. The fourth-order valence-electron chi connectivity index (χ4n) is 3.02. The Balaban J connectivity index is 1.89. The summed E-state index contributed by atoms with van der Waals surface area (Å²) in [6.07, 6.45) is 1.54. The minimum Gasteiger partial charge on any atom is -0.504 e. The lowest BCUT2D eigenvalue weighted by atomic mass is 10.1. The van der Waals surface area contributed by atoms with Crippen LogP contribution in [0.3, 0.4) is 0 Å². The molecule has 0 aliphatic carbocycles. The SMILES string of the molecule is CCOc1cccc(C=Nc2ccc(N3CCOCC3)c(C(=O)OC)c2)c1O. The van der Waals surface area contributed by atoms with Crippen molar-refractivity contribution in [1.29, 1.82) is 0 Å². The molecular weight excluding hydrogens is 360 g/mol. The zero-order chi connectivity index (χ0) is 19.9. The third-order valence-corrected chi connectivity index (χ3v) is 4.42. The second-order valence-corrected chi connectivity index (χ2v) is 6.18. The molecule has 0 aromatic heterocycles. The average molecular weight is 384 g/mol. The summed E-state index contributed by atoms with van der Waals surface area (Å²) >= 11 is 0. The van der Waals surface area contributed by atoms with Crippen LogP contribution in [0.4, 0.5) is 11.4 Å². The van der Waals surface area contributed by atoms with Gasteiger partial charge in [-0.3, -0.25) is 4.99 Å². The number of morpholine rings is 1. The molecule has 1 N–H and O–H groups in total. The molecule has 0 spiro atoms. The van der Waals surface area contributed by atoms with Crippen LogP contribution >= 0.6 is 0 Å². The van der Waals surface area contributed by atoms with Crippen molar-refractivity contribution < 1.29 is 24.1 Å². The summed E-state index contributed by atoms with van der Waals surface area (Å²) in [5.74, 6) is 0.0234. The Bertz CT molecular complexity index is 860. The van der Waals surface area contributed by atoms with Gasteiger partial charge in [-0.05, 0) is 37.3 Å². The second kappa shape index (κ2) is 9.23. The van der Waals surface area contributed by atoms with Gasteiger partial charge in [-0.15, -0.1) is 0 Å². The van der Waals surface area contributed by atoms with E-state index in [4.69, 9.17) is 14.2 Å². The number of anilines is 1. The summed E-state index contributed by atoms with van der Waals surface area (Å²) in [5.41, 5.74) is 2.36. The Hall–Kier alpha value is -3.06. The highest BCUT2D eigenvalue weighted by atomic mass is 16.5. The smallest absolute Gasteiger partial charge is 0.340 e. The van der Waals surface area contributed by atoms with Gasteiger partial charge >= 0.3 is 5.97 Å².